The fourth-order valence-electron chi connectivity index (χ4n) is 3.85. The fourth-order valence-corrected chi connectivity index (χ4v) is 5.07. The first kappa shape index (κ1) is 16.8. The molecule has 2 nitrogen and oxygen atoms in total. The van der Waals surface area contributed by atoms with E-state index in [4.69, 9.17) is 0 Å². The molecule has 0 aliphatic carbocycles. The van der Waals surface area contributed by atoms with Crippen LogP contribution in [-0.2, 0) is 0 Å². The molecule has 0 amide bonds. The summed E-state index contributed by atoms with van der Waals surface area (Å²) in [6, 6.07) is 18.4. The van der Waals surface area contributed by atoms with E-state index in [1.54, 1.807) is 0 Å². The number of rotatable bonds is 3. The van der Waals surface area contributed by atoms with Gasteiger partial charge in [0, 0.05) is 29.2 Å². The van der Waals surface area contributed by atoms with Gasteiger partial charge in [0.15, 0.2) is 0 Å². The maximum Gasteiger partial charge on any atom is 0.0699 e. The highest BCUT2D eigenvalue weighted by atomic mass is 32.1. The lowest BCUT2D eigenvalue weighted by Crippen LogP contribution is -2.33. The van der Waals surface area contributed by atoms with Crippen LogP contribution < -0.4 is 5.32 Å². The second-order valence-electron chi connectivity index (χ2n) is 7.09. The van der Waals surface area contributed by atoms with E-state index in [1.165, 1.54) is 38.1 Å². The van der Waals surface area contributed by atoms with Crippen molar-refractivity contribution in [1.29, 1.82) is 0 Å². The van der Waals surface area contributed by atoms with Crippen LogP contribution in [-0.4, -0.2) is 31.1 Å². The molecule has 2 heterocycles. The Kier molecular flexibility index (Phi) is 4.89. The molecule has 3 aromatic rings. The number of hydrogen-bond acceptors (Lipinski definition) is 3. The lowest BCUT2D eigenvalue weighted by atomic mass is 9.96. The van der Waals surface area contributed by atoms with Gasteiger partial charge in [0.25, 0.3) is 0 Å². The van der Waals surface area contributed by atoms with E-state index < -0.39 is 0 Å². The predicted molar refractivity (Wildman–Crippen MR) is 109 cm³/mol. The van der Waals surface area contributed by atoms with Crippen molar-refractivity contribution >= 4 is 21.4 Å². The van der Waals surface area contributed by atoms with Gasteiger partial charge in [-0.1, -0.05) is 42.0 Å². The second-order valence-corrected chi connectivity index (χ2v) is 8.20. The van der Waals surface area contributed by atoms with Gasteiger partial charge in [0.2, 0.25) is 0 Å². The van der Waals surface area contributed by atoms with Crippen molar-refractivity contribution in [3.05, 3.63) is 70.1 Å². The molecule has 1 fully saturated rings. The molecule has 0 spiro atoms. The van der Waals surface area contributed by atoms with E-state index in [2.05, 4.69) is 72.6 Å². The third-order valence-corrected chi connectivity index (χ3v) is 6.35. The minimum Gasteiger partial charge on any atom is -0.315 e. The highest BCUT2D eigenvalue weighted by Gasteiger charge is 2.26. The molecule has 1 saturated heterocycles. The van der Waals surface area contributed by atoms with E-state index in [0.29, 0.717) is 6.04 Å². The summed E-state index contributed by atoms with van der Waals surface area (Å²) in [6.45, 7) is 8.92. The largest absolute Gasteiger partial charge is 0.315 e. The van der Waals surface area contributed by atoms with Crippen LogP contribution in [0.15, 0.2) is 48.5 Å². The van der Waals surface area contributed by atoms with Gasteiger partial charge in [-0.3, -0.25) is 4.90 Å². The van der Waals surface area contributed by atoms with E-state index >= 15 is 0 Å². The first-order valence-electron chi connectivity index (χ1n) is 9.23. The lowest BCUT2D eigenvalue weighted by Gasteiger charge is -2.31. The van der Waals surface area contributed by atoms with Crippen LogP contribution in [0, 0.1) is 13.8 Å². The van der Waals surface area contributed by atoms with E-state index in [0.717, 1.165) is 26.2 Å². The number of nitrogens with one attached hydrogen (secondary N) is 1. The Morgan fingerprint density at radius 3 is 2.76 bits per heavy atom. The molecule has 1 aromatic heterocycles. The Balaban J connectivity index is 1.83. The van der Waals surface area contributed by atoms with Gasteiger partial charge in [-0.25, -0.2) is 0 Å². The Morgan fingerprint density at radius 1 is 1.00 bits per heavy atom. The van der Waals surface area contributed by atoms with Crippen molar-refractivity contribution in [2.45, 2.75) is 26.3 Å². The van der Waals surface area contributed by atoms with Gasteiger partial charge in [0.1, 0.15) is 0 Å². The molecule has 1 atom stereocenters. The molecule has 2 aromatic carbocycles. The van der Waals surface area contributed by atoms with E-state index in [1.807, 2.05) is 11.3 Å². The summed E-state index contributed by atoms with van der Waals surface area (Å²) < 4.78 is 1.39. The topological polar surface area (TPSA) is 15.3 Å². The molecule has 0 radical (unpaired) electrons. The van der Waals surface area contributed by atoms with Gasteiger partial charge >= 0.3 is 0 Å². The summed E-state index contributed by atoms with van der Waals surface area (Å²) in [5.74, 6) is 0. The molecule has 1 unspecified atom stereocenters. The van der Waals surface area contributed by atoms with Crippen LogP contribution in [0.2, 0.25) is 0 Å². The maximum absolute atomic E-state index is 3.55. The number of benzene rings is 2. The third kappa shape index (κ3) is 3.50. The van der Waals surface area contributed by atoms with Crippen molar-refractivity contribution < 1.29 is 0 Å². The number of hydrogen-bond donors (Lipinski definition) is 1. The fraction of sp³-hybridized carbons (Fsp3) is 0.364. The van der Waals surface area contributed by atoms with E-state index in [9.17, 15) is 0 Å². The van der Waals surface area contributed by atoms with Crippen LogP contribution >= 0.6 is 11.3 Å². The smallest absolute Gasteiger partial charge is 0.0699 e. The average molecular weight is 351 g/mol. The molecule has 130 valence electrons. The highest BCUT2D eigenvalue weighted by Crippen LogP contribution is 2.38. The van der Waals surface area contributed by atoms with Crippen LogP contribution in [0.4, 0.5) is 0 Å². The van der Waals surface area contributed by atoms with Crippen molar-refractivity contribution in [3.63, 3.8) is 0 Å². The summed E-state index contributed by atoms with van der Waals surface area (Å²) in [5.41, 5.74) is 4.21. The van der Waals surface area contributed by atoms with Crippen LogP contribution in [0.25, 0.3) is 10.1 Å². The summed E-state index contributed by atoms with van der Waals surface area (Å²) in [6.07, 6.45) is 1.21. The molecule has 1 aliphatic rings. The Bertz CT molecular complexity index is 826. The van der Waals surface area contributed by atoms with Crippen molar-refractivity contribution in [3.8, 4) is 0 Å². The SMILES string of the molecule is Cc1ccc(C)c(C(c2cc3ccccc3s2)N2CCCNCC2)c1. The lowest BCUT2D eigenvalue weighted by molar-refractivity contribution is 0.243. The number of aryl methyl sites for hydroxylation is 2. The Morgan fingerprint density at radius 2 is 1.88 bits per heavy atom. The Labute approximate surface area is 154 Å². The zero-order valence-electron chi connectivity index (χ0n) is 15.1. The first-order valence-corrected chi connectivity index (χ1v) is 10.0. The summed E-state index contributed by atoms with van der Waals surface area (Å²) in [5, 5.41) is 4.92. The minimum absolute atomic E-state index is 0.359. The summed E-state index contributed by atoms with van der Waals surface area (Å²) in [4.78, 5) is 4.14. The van der Waals surface area contributed by atoms with E-state index in [-0.39, 0.29) is 0 Å². The quantitative estimate of drug-likeness (QED) is 0.722. The van der Waals surface area contributed by atoms with Gasteiger partial charge in [-0.05, 0) is 55.5 Å². The zero-order valence-corrected chi connectivity index (χ0v) is 15.9. The summed E-state index contributed by atoms with van der Waals surface area (Å²) >= 11 is 1.95. The average Bonchev–Trinajstić information content (AvgIpc) is 2.85. The first-order chi connectivity index (χ1) is 12.2. The molecule has 1 aliphatic heterocycles. The third-order valence-electron chi connectivity index (χ3n) is 5.18. The molecule has 3 heteroatoms. The van der Waals surface area contributed by atoms with Gasteiger partial charge in [-0.15, -0.1) is 11.3 Å². The van der Waals surface area contributed by atoms with Crippen molar-refractivity contribution in [1.82, 2.24) is 10.2 Å². The van der Waals surface area contributed by atoms with Crippen LogP contribution in [0.3, 0.4) is 0 Å². The standard InChI is InChI=1S/C22H26N2S/c1-16-8-9-17(2)19(14-16)22(24-12-5-10-23-11-13-24)21-15-18-6-3-4-7-20(18)25-21/h3-4,6-9,14-15,22-23H,5,10-13H2,1-2H3. The molecule has 25 heavy (non-hydrogen) atoms. The predicted octanol–water partition coefficient (Wildman–Crippen LogP) is 4.90. The van der Waals surface area contributed by atoms with Gasteiger partial charge < -0.3 is 5.32 Å². The zero-order chi connectivity index (χ0) is 17.2. The summed E-state index contributed by atoms with van der Waals surface area (Å²) in [7, 11) is 0. The maximum atomic E-state index is 3.55. The molecular formula is C22H26N2S. The molecule has 0 saturated carbocycles. The Hall–Kier alpha value is -1.68. The monoisotopic (exact) mass is 350 g/mol. The van der Waals surface area contributed by atoms with Crippen LogP contribution in [0.5, 0.6) is 0 Å². The normalized spacial score (nSPS) is 17.5. The van der Waals surface area contributed by atoms with Gasteiger partial charge in [-0.2, -0.15) is 0 Å². The second kappa shape index (κ2) is 7.28. The molecule has 4 rings (SSSR count). The van der Waals surface area contributed by atoms with Crippen molar-refractivity contribution in [2.24, 2.45) is 0 Å². The van der Waals surface area contributed by atoms with Crippen molar-refractivity contribution in [2.75, 3.05) is 26.2 Å². The highest BCUT2D eigenvalue weighted by molar-refractivity contribution is 7.19. The molecular weight excluding hydrogens is 324 g/mol. The van der Waals surface area contributed by atoms with Crippen LogP contribution in [0.1, 0.15) is 34.0 Å². The molecule has 0 bridgehead atoms. The number of fused-ring (bicyclic) bond motifs is 1. The molecule has 1 N–H and O–H groups in total. The number of nitrogens with zero attached hydrogens (tertiary/aromatic N) is 1. The van der Waals surface area contributed by atoms with Gasteiger partial charge in [0.05, 0.1) is 6.04 Å². The minimum atomic E-state index is 0.359. The number of thiophene rings is 1.